The highest BCUT2D eigenvalue weighted by atomic mass is 16.6. The lowest BCUT2D eigenvalue weighted by Crippen LogP contribution is -1.89. The molecule has 0 aliphatic rings. The summed E-state index contributed by atoms with van der Waals surface area (Å²) in [6.07, 6.45) is 1.55. The second-order valence-corrected chi connectivity index (χ2v) is 4.62. The number of benzene rings is 2. The molecule has 0 saturated carbocycles. The number of phenols is 1. The van der Waals surface area contributed by atoms with Crippen LogP contribution in [0, 0.1) is 10.1 Å². The maximum atomic E-state index is 10.6. The maximum Gasteiger partial charge on any atom is 0.269 e. The Morgan fingerprint density at radius 2 is 1.86 bits per heavy atom. The molecule has 0 fully saturated rings. The summed E-state index contributed by atoms with van der Waals surface area (Å²) in [6.45, 7) is 0. The van der Waals surface area contributed by atoms with Gasteiger partial charge in [0.2, 0.25) is 0 Å². The molecule has 0 spiro atoms. The minimum atomic E-state index is -0.457. The Balaban J connectivity index is 1.88. The zero-order chi connectivity index (χ0) is 15.5. The molecule has 0 aliphatic heterocycles. The maximum absolute atomic E-state index is 10.6. The standard InChI is InChI=1S/C16H11N3O3/c20-15-3-1-2-11-4-5-13(18-16(11)15)10-17-12-6-8-14(9-7-12)19(21)22/h1-10,20H. The summed E-state index contributed by atoms with van der Waals surface area (Å²) in [5.41, 5.74) is 1.71. The predicted molar refractivity (Wildman–Crippen MR) is 83.8 cm³/mol. The summed E-state index contributed by atoms with van der Waals surface area (Å²) in [5, 5.41) is 21.2. The first-order valence-electron chi connectivity index (χ1n) is 6.51. The number of phenolic OH excluding ortho intramolecular Hbond substituents is 1. The number of pyridine rings is 1. The zero-order valence-corrected chi connectivity index (χ0v) is 11.4. The van der Waals surface area contributed by atoms with E-state index in [1.54, 1.807) is 36.5 Å². The first-order chi connectivity index (χ1) is 10.6. The molecule has 108 valence electrons. The van der Waals surface area contributed by atoms with E-state index in [-0.39, 0.29) is 11.4 Å². The molecule has 2 aromatic carbocycles. The predicted octanol–water partition coefficient (Wildman–Crippen LogP) is 3.60. The molecule has 0 aliphatic carbocycles. The lowest BCUT2D eigenvalue weighted by atomic mass is 10.2. The molecule has 3 rings (SSSR count). The fourth-order valence-corrected chi connectivity index (χ4v) is 2.02. The Labute approximate surface area is 125 Å². The minimum Gasteiger partial charge on any atom is -0.506 e. The van der Waals surface area contributed by atoms with Crippen molar-refractivity contribution in [1.29, 1.82) is 0 Å². The van der Waals surface area contributed by atoms with Crippen LogP contribution >= 0.6 is 0 Å². The van der Waals surface area contributed by atoms with Crippen LogP contribution in [0.1, 0.15) is 5.69 Å². The highest BCUT2D eigenvalue weighted by Gasteiger charge is 2.03. The van der Waals surface area contributed by atoms with Crippen molar-refractivity contribution in [2.45, 2.75) is 0 Å². The number of aromatic hydroxyl groups is 1. The van der Waals surface area contributed by atoms with Gasteiger partial charge >= 0.3 is 0 Å². The molecular formula is C16H11N3O3. The van der Waals surface area contributed by atoms with Crippen LogP contribution in [-0.2, 0) is 0 Å². The van der Waals surface area contributed by atoms with Crippen molar-refractivity contribution in [2.75, 3.05) is 0 Å². The number of hydrogen-bond acceptors (Lipinski definition) is 5. The van der Waals surface area contributed by atoms with Gasteiger partial charge in [-0.1, -0.05) is 18.2 Å². The molecule has 1 heterocycles. The summed E-state index contributed by atoms with van der Waals surface area (Å²) < 4.78 is 0. The molecule has 1 aromatic heterocycles. The lowest BCUT2D eigenvalue weighted by Gasteiger charge is -2.01. The number of nitro benzene ring substituents is 1. The Morgan fingerprint density at radius 1 is 1.09 bits per heavy atom. The van der Waals surface area contributed by atoms with E-state index in [1.165, 1.54) is 12.1 Å². The fourth-order valence-electron chi connectivity index (χ4n) is 2.02. The Bertz CT molecular complexity index is 873. The van der Waals surface area contributed by atoms with E-state index in [4.69, 9.17) is 0 Å². The number of nitrogens with zero attached hydrogens (tertiary/aromatic N) is 3. The van der Waals surface area contributed by atoms with Crippen molar-refractivity contribution < 1.29 is 10.0 Å². The van der Waals surface area contributed by atoms with Crippen molar-refractivity contribution in [3.63, 3.8) is 0 Å². The number of aromatic nitrogens is 1. The average molecular weight is 293 g/mol. The van der Waals surface area contributed by atoms with Gasteiger partial charge in [-0.25, -0.2) is 4.98 Å². The quantitative estimate of drug-likeness (QED) is 0.454. The van der Waals surface area contributed by atoms with E-state index >= 15 is 0 Å². The topological polar surface area (TPSA) is 88.6 Å². The molecule has 6 nitrogen and oxygen atoms in total. The van der Waals surface area contributed by atoms with Crippen LogP contribution in [0.3, 0.4) is 0 Å². The second-order valence-electron chi connectivity index (χ2n) is 4.62. The van der Waals surface area contributed by atoms with Gasteiger partial charge in [-0.05, 0) is 24.3 Å². The van der Waals surface area contributed by atoms with Crippen LogP contribution in [0.4, 0.5) is 11.4 Å². The van der Waals surface area contributed by atoms with Gasteiger partial charge < -0.3 is 5.11 Å². The third kappa shape index (κ3) is 2.76. The second kappa shape index (κ2) is 5.61. The summed E-state index contributed by atoms with van der Waals surface area (Å²) in [5.74, 6) is 0.114. The Kier molecular flexibility index (Phi) is 3.49. The summed E-state index contributed by atoms with van der Waals surface area (Å²) >= 11 is 0. The molecule has 0 amide bonds. The zero-order valence-electron chi connectivity index (χ0n) is 11.4. The molecule has 0 radical (unpaired) electrons. The van der Waals surface area contributed by atoms with Crippen molar-refractivity contribution >= 4 is 28.5 Å². The van der Waals surface area contributed by atoms with Crippen molar-refractivity contribution in [2.24, 2.45) is 4.99 Å². The van der Waals surface area contributed by atoms with Crippen LogP contribution in [0.5, 0.6) is 5.75 Å². The molecule has 0 bridgehead atoms. The summed E-state index contributed by atoms with van der Waals surface area (Å²) in [4.78, 5) is 18.7. The van der Waals surface area contributed by atoms with E-state index in [0.717, 1.165) is 5.39 Å². The SMILES string of the molecule is O=[N+]([O-])c1ccc(N=Cc2ccc3cccc(O)c3n2)cc1. The molecule has 3 aromatic rings. The molecule has 0 atom stereocenters. The average Bonchev–Trinajstić information content (AvgIpc) is 2.54. The number of non-ortho nitro benzene ring substituents is 1. The Morgan fingerprint density at radius 3 is 2.59 bits per heavy atom. The van der Waals surface area contributed by atoms with Crippen LogP contribution in [-0.4, -0.2) is 21.2 Å². The summed E-state index contributed by atoms with van der Waals surface area (Å²) in [6, 6.07) is 14.7. The van der Waals surface area contributed by atoms with Gasteiger partial charge in [-0.3, -0.25) is 15.1 Å². The van der Waals surface area contributed by atoms with Gasteiger partial charge in [-0.2, -0.15) is 0 Å². The van der Waals surface area contributed by atoms with Gasteiger partial charge in [0.15, 0.2) is 0 Å². The van der Waals surface area contributed by atoms with E-state index < -0.39 is 4.92 Å². The van der Waals surface area contributed by atoms with Crippen LogP contribution in [0.2, 0.25) is 0 Å². The van der Waals surface area contributed by atoms with E-state index in [0.29, 0.717) is 16.9 Å². The van der Waals surface area contributed by atoms with Crippen molar-refractivity contribution in [3.8, 4) is 5.75 Å². The first-order valence-corrected chi connectivity index (χ1v) is 6.51. The molecular weight excluding hydrogens is 282 g/mol. The molecule has 6 heteroatoms. The van der Waals surface area contributed by atoms with Gasteiger partial charge in [-0.15, -0.1) is 0 Å². The van der Waals surface area contributed by atoms with Gasteiger partial charge in [0.05, 0.1) is 22.5 Å². The number of para-hydroxylation sites is 1. The number of hydrogen-bond donors (Lipinski definition) is 1. The minimum absolute atomic E-state index is 0.0210. The third-order valence-corrected chi connectivity index (χ3v) is 3.13. The van der Waals surface area contributed by atoms with Crippen LogP contribution < -0.4 is 0 Å². The third-order valence-electron chi connectivity index (χ3n) is 3.13. The highest BCUT2D eigenvalue weighted by Crippen LogP contribution is 2.22. The van der Waals surface area contributed by atoms with Crippen molar-refractivity contribution in [1.82, 2.24) is 4.98 Å². The van der Waals surface area contributed by atoms with Crippen LogP contribution in [0.25, 0.3) is 10.9 Å². The fraction of sp³-hybridized carbons (Fsp3) is 0. The normalized spacial score (nSPS) is 11.1. The first kappa shape index (κ1) is 13.7. The Hall–Kier alpha value is -3.28. The van der Waals surface area contributed by atoms with Gasteiger partial charge in [0.1, 0.15) is 11.3 Å². The monoisotopic (exact) mass is 293 g/mol. The van der Waals surface area contributed by atoms with E-state index in [2.05, 4.69) is 9.98 Å². The van der Waals surface area contributed by atoms with Gasteiger partial charge in [0, 0.05) is 17.5 Å². The molecule has 0 saturated heterocycles. The van der Waals surface area contributed by atoms with Crippen LogP contribution in [0.15, 0.2) is 59.6 Å². The number of nitro groups is 1. The molecule has 22 heavy (non-hydrogen) atoms. The highest BCUT2D eigenvalue weighted by molar-refractivity contribution is 5.89. The van der Waals surface area contributed by atoms with E-state index in [1.807, 2.05) is 12.1 Å². The largest absolute Gasteiger partial charge is 0.506 e. The number of aliphatic imine (C=N–C) groups is 1. The van der Waals surface area contributed by atoms with E-state index in [9.17, 15) is 15.2 Å². The smallest absolute Gasteiger partial charge is 0.269 e. The summed E-state index contributed by atoms with van der Waals surface area (Å²) in [7, 11) is 0. The molecule has 1 N–H and O–H groups in total. The van der Waals surface area contributed by atoms with Crippen molar-refractivity contribution in [3.05, 3.63) is 70.4 Å². The number of rotatable bonds is 3. The van der Waals surface area contributed by atoms with Gasteiger partial charge in [0.25, 0.3) is 5.69 Å². The number of fused-ring (bicyclic) bond motifs is 1. The lowest BCUT2D eigenvalue weighted by molar-refractivity contribution is -0.384. The molecule has 0 unspecified atom stereocenters.